The fourth-order valence-electron chi connectivity index (χ4n) is 4.66. The largest absolute Gasteiger partial charge is 0.0499 e. The summed E-state index contributed by atoms with van der Waals surface area (Å²) < 4.78 is 0. The van der Waals surface area contributed by atoms with Crippen LogP contribution in [0, 0.1) is 35.5 Å². The molecule has 4 rings (SSSR count). The molecule has 4 aliphatic rings. The average molecular weight is 134 g/mol. The lowest BCUT2D eigenvalue weighted by Crippen LogP contribution is -2.69. The molecule has 4 fully saturated rings. The molecule has 54 valence electrons. The Morgan fingerprint density at radius 1 is 0.700 bits per heavy atom. The Hall–Kier alpha value is 0. The Labute approximate surface area is 62.0 Å². The second-order valence-electron chi connectivity index (χ2n) is 5.05. The second kappa shape index (κ2) is 1.19. The lowest BCUT2D eigenvalue weighted by Gasteiger charge is -2.75. The Kier molecular flexibility index (Phi) is 0.570. The highest BCUT2D eigenvalue weighted by atomic mass is 14.7. The van der Waals surface area contributed by atoms with Crippen molar-refractivity contribution in [2.75, 3.05) is 0 Å². The van der Waals surface area contributed by atoms with Gasteiger partial charge in [0.2, 0.25) is 0 Å². The molecule has 0 saturated heterocycles. The van der Waals surface area contributed by atoms with E-state index in [-0.39, 0.29) is 0 Å². The van der Waals surface area contributed by atoms with E-state index in [4.69, 9.17) is 0 Å². The van der Waals surface area contributed by atoms with Crippen LogP contribution in [0.25, 0.3) is 0 Å². The Morgan fingerprint density at radius 2 is 1.20 bits per heavy atom. The van der Waals surface area contributed by atoms with Crippen molar-refractivity contribution in [3.63, 3.8) is 0 Å². The van der Waals surface area contributed by atoms with Crippen LogP contribution in [0.2, 0.25) is 0 Å². The van der Waals surface area contributed by atoms with Crippen LogP contribution < -0.4 is 0 Å². The molecule has 4 saturated carbocycles. The molecule has 0 aliphatic heterocycles. The SMILES string of the molecule is C1CC2CC3C4CC1C4C23. The molecule has 0 spiro atoms. The van der Waals surface area contributed by atoms with E-state index in [2.05, 4.69) is 0 Å². The van der Waals surface area contributed by atoms with Crippen molar-refractivity contribution >= 4 is 0 Å². The smallest absolute Gasteiger partial charge is 0.0321 e. The van der Waals surface area contributed by atoms with Crippen molar-refractivity contribution in [2.45, 2.75) is 25.7 Å². The molecular weight excluding hydrogens is 120 g/mol. The lowest BCUT2D eigenvalue weighted by molar-refractivity contribution is -0.268. The number of rotatable bonds is 0. The first-order valence-electron chi connectivity index (χ1n) is 4.95. The Morgan fingerprint density at radius 3 is 1.70 bits per heavy atom. The van der Waals surface area contributed by atoms with E-state index in [1.807, 2.05) is 0 Å². The first-order chi connectivity index (χ1) is 4.95. The zero-order valence-corrected chi connectivity index (χ0v) is 6.29. The summed E-state index contributed by atoms with van der Waals surface area (Å²) in [6.45, 7) is 0. The number of hydrogen-bond acceptors (Lipinski definition) is 0. The first kappa shape index (κ1) is 4.79. The summed E-state index contributed by atoms with van der Waals surface area (Å²) in [4.78, 5) is 0. The van der Waals surface area contributed by atoms with Gasteiger partial charge in [-0.15, -0.1) is 0 Å². The van der Waals surface area contributed by atoms with Crippen molar-refractivity contribution in [3.05, 3.63) is 0 Å². The normalized spacial score (nSPS) is 74.4. The third kappa shape index (κ3) is 0.286. The molecule has 0 aromatic heterocycles. The van der Waals surface area contributed by atoms with E-state index >= 15 is 0 Å². The third-order valence-electron chi connectivity index (χ3n) is 5.13. The van der Waals surface area contributed by atoms with Crippen LogP contribution in [0.15, 0.2) is 0 Å². The van der Waals surface area contributed by atoms with Gasteiger partial charge in [0.1, 0.15) is 0 Å². The van der Waals surface area contributed by atoms with Crippen molar-refractivity contribution < 1.29 is 0 Å². The number of hydrogen-bond donors (Lipinski definition) is 0. The predicted octanol–water partition coefficient (Wildman–Crippen LogP) is 2.30. The van der Waals surface area contributed by atoms with Gasteiger partial charge in [-0.05, 0) is 61.2 Å². The van der Waals surface area contributed by atoms with Crippen LogP contribution in [0.4, 0.5) is 0 Å². The minimum Gasteiger partial charge on any atom is -0.0499 e. The van der Waals surface area contributed by atoms with Gasteiger partial charge in [0, 0.05) is 0 Å². The molecule has 0 bridgehead atoms. The van der Waals surface area contributed by atoms with Gasteiger partial charge >= 0.3 is 0 Å². The Bertz CT molecular complexity index is 161. The zero-order valence-electron chi connectivity index (χ0n) is 6.29. The highest BCUT2D eigenvalue weighted by Crippen LogP contribution is 2.75. The first-order valence-corrected chi connectivity index (χ1v) is 4.95. The quantitative estimate of drug-likeness (QED) is 0.477. The molecule has 0 N–H and O–H groups in total. The van der Waals surface area contributed by atoms with Gasteiger partial charge in [0.05, 0.1) is 0 Å². The minimum atomic E-state index is 1.22. The summed E-state index contributed by atoms with van der Waals surface area (Å²) in [6, 6.07) is 0. The highest BCUT2D eigenvalue weighted by molar-refractivity contribution is 5.17. The maximum atomic E-state index is 1.64. The van der Waals surface area contributed by atoms with E-state index in [0.29, 0.717) is 0 Å². The van der Waals surface area contributed by atoms with Gasteiger partial charge in [0.15, 0.2) is 0 Å². The molecule has 6 atom stereocenters. The average Bonchev–Trinajstić information content (AvgIpc) is 1.76. The maximum absolute atomic E-state index is 1.64. The van der Waals surface area contributed by atoms with Crippen molar-refractivity contribution in [3.8, 4) is 0 Å². The molecular formula is C10H14. The zero-order chi connectivity index (χ0) is 6.29. The second-order valence-corrected chi connectivity index (χ2v) is 5.05. The maximum Gasteiger partial charge on any atom is -0.0321 e. The van der Waals surface area contributed by atoms with Crippen LogP contribution >= 0.6 is 0 Å². The van der Waals surface area contributed by atoms with E-state index in [0.717, 1.165) is 0 Å². The Balaban J connectivity index is 1.77. The van der Waals surface area contributed by atoms with Gasteiger partial charge in [-0.2, -0.15) is 0 Å². The van der Waals surface area contributed by atoms with E-state index in [9.17, 15) is 0 Å². The molecule has 0 aromatic carbocycles. The molecule has 0 radical (unpaired) electrons. The van der Waals surface area contributed by atoms with Crippen LogP contribution in [0.1, 0.15) is 25.7 Å². The predicted molar refractivity (Wildman–Crippen MR) is 39.4 cm³/mol. The van der Waals surface area contributed by atoms with E-state index in [1.54, 1.807) is 25.7 Å². The van der Waals surface area contributed by atoms with Gasteiger partial charge in [0.25, 0.3) is 0 Å². The number of fused-ring (bicyclic) bond motifs is 1. The molecule has 0 heteroatoms. The van der Waals surface area contributed by atoms with Gasteiger partial charge < -0.3 is 0 Å². The van der Waals surface area contributed by atoms with E-state index < -0.39 is 0 Å². The van der Waals surface area contributed by atoms with Crippen LogP contribution in [0.3, 0.4) is 0 Å². The van der Waals surface area contributed by atoms with Crippen LogP contribution in [-0.4, -0.2) is 0 Å². The summed E-state index contributed by atoms with van der Waals surface area (Å²) in [5.41, 5.74) is 0. The highest BCUT2D eigenvalue weighted by Gasteiger charge is 2.68. The van der Waals surface area contributed by atoms with Crippen molar-refractivity contribution in [1.82, 2.24) is 0 Å². The molecule has 4 aliphatic carbocycles. The van der Waals surface area contributed by atoms with Crippen molar-refractivity contribution in [2.24, 2.45) is 35.5 Å². The van der Waals surface area contributed by atoms with Gasteiger partial charge in [-0.25, -0.2) is 0 Å². The summed E-state index contributed by atoms with van der Waals surface area (Å²) in [6.07, 6.45) is 6.49. The summed E-state index contributed by atoms with van der Waals surface area (Å²) in [5, 5.41) is 0. The molecule has 0 aromatic rings. The molecule has 0 amide bonds. The molecule has 10 heavy (non-hydrogen) atoms. The van der Waals surface area contributed by atoms with Crippen molar-refractivity contribution in [1.29, 1.82) is 0 Å². The fourth-order valence-corrected chi connectivity index (χ4v) is 4.66. The van der Waals surface area contributed by atoms with Crippen LogP contribution in [0.5, 0.6) is 0 Å². The fraction of sp³-hybridized carbons (Fsp3) is 1.00. The summed E-state index contributed by atoms with van der Waals surface area (Å²) in [7, 11) is 0. The van der Waals surface area contributed by atoms with Crippen LogP contribution in [-0.2, 0) is 0 Å². The molecule has 6 unspecified atom stereocenters. The molecule has 0 nitrogen and oxygen atoms in total. The molecule has 0 heterocycles. The standard InChI is InChI=1S/C10H14/c1-2-6-4-8-7-3-5(1)9(7)10(6)8/h5-10H,1-4H2. The van der Waals surface area contributed by atoms with Gasteiger partial charge in [-0.1, -0.05) is 0 Å². The van der Waals surface area contributed by atoms with Gasteiger partial charge in [-0.3, -0.25) is 0 Å². The summed E-state index contributed by atoms with van der Waals surface area (Å²) in [5.74, 6) is 7.51. The summed E-state index contributed by atoms with van der Waals surface area (Å²) >= 11 is 0. The topological polar surface area (TPSA) is 0 Å². The van der Waals surface area contributed by atoms with E-state index in [1.165, 1.54) is 35.5 Å². The lowest BCUT2D eigenvalue weighted by atomic mass is 9.30. The monoisotopic (exact) mass is 134 g/mol. The third-order valence-corrected chi connectivity index (χ3v) is 5.13. The minimum absolute atomic E-state index is 1.22.